The quantitative estimate of drug-likeness (QED) is 0.641. The Morgan fingerprint density at radius 1 is 1.53 bits per heavy atom. The zero-order valence-corrected chi connectivity index (χ0v) is 9.93. The van der Waals surface area contributed by atoms with Gasteiger partial charge >= 0.3 is 0 Å². The van der Waals surface area contributed by atoms with Gasteiger partial charge in [-0.2, -0.15) is 0 Å². The molecule has 1 rings (SSSR count). The summed E-state index contributed by atoms with van der Waals surface area (Å²) in [6, 6.07) is 0.469. The van der Waals surface area contributed by atoms with E-state index in [0.717, 1.165) is 18.5 Å². The maximum absolute atomic E-state index is 14.1. The molecular formula is C13H22FN. The summed E-state index contributed by atoms with van der Waals surface area (Å²) >= 11 is 0. The van der Waals surface area contributed by atoms with Crippen LogP contribution in [-0.4, -0.2) is 23.7 Å². The third-order valence-corrected chi connectivity index (χ3v) is 3.51. The van der Waals surface area contributed by atoms with Gasteiger partial charge in [0, 0.05) is 18.8 Å². The zero-order valence-electron chi connectivity index (χ0n) is 9.93. The molecule has 0 spiro atoms. The third kappa shape index (κ3) is 3.08. The van der Waals surface area contributed by atoms with Crippen LogP contribution in [0.2, 0.25) is 0 Å². The molecule has 0 radical (unpaired) electrons. The van der Waals surface area contributed by atoms with E-state index in [1.54, 1.807) is 6.08 Å². The van der Waals surface area contributed by atoms with Gasteiger partial charge < -0.3 is 4.90 Å². The summed E-state index contributed by atoms with van der Waals surface area (Å²) in [6.07, 6.45) is 5.35. The lowest BCUT2D eigenvalue weighted by atomic mass is 9.81. The minimum Gasteiger partial charge on any atom is -0.376 e. The SMILES string of the molecule is C=CCC1(F)CCC(N(C)C(=C)C)CC1. The third-order valence-electron chi connectivity index (χ3n) is 3.51. The highest BCUT2D eigenvalue weighted by atomic mass is 19.1. The first-order valence-electron chi connectivity index (χ1n) is 5.67. The maximum atomic E-state index is 14.1. The van der Waals surface area contributed by atoms with Crippen molar-refractivity contribution in [3.63, 3.8) is 0 Å². The molecule has 0 atom stereocenters. The average molecular weight is 211 g/mol. The summed E-state index contributed by atoms with van der Waals surface area (Å²) in [5.41, 5.74) is 0.0730. The van der Waals surface area contributed by atoms with E-state index in [9.17, 15) is 4.39 Å². The number of hydrogen-bond acceptors (Lipinski definition) is 1. The van der Waals surface area contributed by atoms with Crippen LogP contribution in [0, 0.1) is 0 Å². The first-order chi connectivity index (χ1) is 6.98. The molecule has 1 fully saturated rings. The van der Waals surface area contributed by atoms with Gasteiger partial charge in [0.05, 0.1) is 0 Å². The Hall–Kier alpha value is -0.790. The van der Waals surface area contributed by atoms with Gasteiger partial charge in [-0.15, -0.1) is 6.58 Å². The maximum Gasteiger partial charge on any atom is 0.114 e. The predicted molar refractivity (Wildman–Crippen MR) is 63.5 cm³/mol. The van der Waals surface area contributed by atoms with E-state index in [2.05, 4.69) is 18.1 Å². The fourth-order valence-corrected chi connectivity index (χ4v) is 2.28. The molecule has 1 aliphatic rings. The van der Waals surface area contributed by atoms with Crippen molar-refractivity contribution in [2.24, 2.45) is 0 Å². The van der Waals surface area contributed by atoms with E-state index in [0.29, 0.717) is 25.3 Å². The molecule has 15 heavy (non-hydrogen) atoms. The van der Waals surface area contributed by atoms with Crippen molar-refractivity contribution in [2.45, 2.75) is 50.7 Å². The van der Waals surface area contributed by atoms with E-state index < -0.39 is 5.67 Å². The van der Waals surface area contributed by atoms with Crippen LogP contribution in [0.5, 0.6) is 0 Å². The zero-order chi connectivity index (χ0) is 11.5. The Balaban J connectivity index is 2.48. The Morgan fingerprint density at radius 2 is 2.07 bits per heavy atom. The van der Waals surface area contributed by atoms with Crippen LogP contribution in [0.3, 0.4) is 0 Å². The highest BCUT2D eigenvalue weighted by molar-refractivity contribution is 4.97. The topological polar surface area (TPSA) is 3.24 Å². The predicted octanol–water partition coefficient (Wildman–Crippen LogP) is 3.68. The summed E-state index contributed by atoms with van der Waals surface area (Å²) in [5, 5.41) is 0. The molecule has 0 bridgehead atoms. The Labute approximate surface area is 92.7 Å². The molecule has 0 saturated heterocycles. The van der Waals surface area contributed by atoms with Gasteiger partial charge in [-0.3, -0.25) is 0 Å². The second kappa shape index (κ2) is 4.82. The van der Waals surface area contributed by atoms with Gasteiger partial charge in [0.1, 0.15) is 5.67 Å². The van der Waals surface area contributed by atoms with Gasteiger partial charge in [0.25, 0.3) is 0 Å². The van der Waals surface area contributed by atoms with Crippen molar-refractivity contribution in [3.8, 4) is 0 Å². The molecule has 1 aliphatic carbocycles. The fraction of sp³-hybridized carbons (Fsp3) is 0.692. The van der Waals surface area contributed by atoms with Gasteiger partial charge in [-0.25, -0.2) is 4.39 Å². The fourth-order valence-electron chi connectivity index (χ4n) is 2.28. The van der Waals surface area contributed by atoms with E-state index in [1.807, 2.05) is 14.0 Å². The second-order valence-corrected chi connectivity index (χ2v) is 4.72. The number of alkyl halides is 1. The van der Waals surface area contributed by atoms with Crippen LogP contribution >= 0.6 is 0 Å². The first kappa shape index (κ1) is 12.3. The second-order valence-electron chi connectivity index (χ2n) is 4.72. The lowest BCUT2D eigenvalue weighted by Crippen LogP contribution is -2.38. The largest absolute Gasteiger partial charge is 0.376 e. The summed E-state index contributed by atoms with van der Waals surface area (Å²) in [5.74, 6) is 0. The first-order valence-corrected chi connectivity index (χ1v) is 5.67. The molecule has 1 saturated carbocycles. The summed E-state index contributed by atoms with van der Waals surface area (Å²) in [6.45, 7) is 9.54. The van der Waals surface area contributed by atoms with Crippen molar-refractivity contribution in [2.75, 3.05) is 7.05 Å². The van der Waals surface area contributed by atoms with Crippen molar-refractivity contribution in [1.29, 1.82) is 0 Å². The molecule has 0 aromatic heterocycles. The molecule has 0 aromatic rings. The van der Waals surface area contributed by atoms with Crippen LogP contribution in [0.4, 0.5) is 4.39 Å². The van der Waals surface area contributed by atoms with Gasteiger partial charge in [-0.05, 0) is 39.0 Å². The molecule has 0 amide bonds. The van der Waals surface area contributed by atoms with Crippen LogP contribution in [0.25, 0.3) is 0 Å². The molecular weight excluding hydrogens is 189 g/mol. The van der Waals surface area contributed by atoms with Crippen molar-refractivity contribution < 1.29 is 4.39 Å². The minimum absolute atomic E-state index is 0.469. The molecule has 0 aliphatic heterocycles. The molecule has 0 heterocycles. The normalized spacial score (nSPS) is 31.0. The monoisotopic (exact) mass is 211 g/mol. The van der Waals surface area contributed by atoms with E-state index >= 15 is 0 Å². The highest BCUT2D eigenvalue weighted by Crippen LogP contribution is 2.36. The van der Waals surface area contributed by atoms with E-state index in [4.69, 9.17) is 0 Å². The van der Waals surface area contributed by atoms with Crippen molar-refractivity contribution in [3.05, 3.63) is 24.9 Å². The van der Waals surface area contributed by atoms with Crippen LogP contribution < -0.4 is 0 Å². The highest BCUT2D eigenvalue weighted by Gasteiger charge is 2.35. The number of rotatable bonds is 4. The van der Waals surface area contributed by atoms with Crippen LogP contribution in [0.1, 0.15) is 39.0 Å². The van der Waals surface area contributed by atoms with Gasteiger partial charge in [0.15, 0.2) is 0 Å². The molecule has 2 heteroatoms. The van der Waals surface area contributed by atoms with Crippen LogP contribution in [-0.2, 0) is 0 Å². The average Bonchev–Trinajstić information content (AvgIpc) is 2.18. The molecule has 0 unspecified atom stereocenters. The standard InChI is InChI=1S/C13H22FN/c1-5-8-13(14)9-6-12(7-10-13)15(4)11(2)3/h5,12H,1-2,6-10H2,3-4H3. The number of nitrogens with zero attached hydrogens (tertiary/aromatic N) is 1. The van der Waals surface area contributed by atoms with Crippen LogP contribution in [0.15, 0.2) is 24.9 Å². The minimum atomic E-state index is -0.992. The molecule has 0 N–H and O–H groups in total. The summed E-state index contributed by atoms with van der Waals surface area (Å²) in [4.78, 5) is 2.17. The summed E-state index contributed by atoms with van der Waals surface area (Å²) < 4.78 is 14.1. The van der Waals surface area contributed by atoms with Gasteiger partial charge in [-0.1, -0.05) is 12.7 Å². The molecule has 86 valence electrons. The van der Waals surface area contributed by atoms with Gasteiger partial charge in [0.2, 0.25) is 0 Å². The van der Waals surface area contributed by atoms with Crippen molar-refractivity contribution in [1.82, 2.24) is 4.90 Å². The van der Waals surface area contributed by atoms with E-state index in [1.165, 1.54) is 0 Å². The van der Waals surface area contributed by atoms with E-state index in [-0.39, 0.29) is 0 Å². The number of allylic oxidation sites excluding steroid dienone is 2. The lowest BCUT2D eigenvalue weighted by molar-refractivity contribution is 0.0736. The molecule has 0 aromatic carbocycles. The molecule has 1 nitrogen and oxygen atoms in total. The number of halogens is 1. The lowest BCUT2D eigenvalue weighted by Gasteiger charge is -2.38. The summed E-state index contributed by atoms with van der Waals surface area (Å²) in [7, 11) is 2.05. The number of hydrogen-bond donors (Lipinski definition) is 0. The Morgan fingerprint density at radius 3 is 2.47 bits per heavy atom. The van der Waals surface area contributed by atoms with Crippen molar-refractivity contribution >= 4 is 0 Å². The Kier molecular flexibility index (Phi) is 3.95. The smallest absolute Gasteiger partial charge is 0.114 e. The Bertz CT molecular complexity index is 239.